The molecule has 0 aliphatic carbocycles. The monoisotopic (exact) mass is 440 g/mol. The quantitative estimate of drug-likeness (QED) is 0.360. The summed E-state index contributed by atoms with van der Waals surface area (Å²) in [5, 5.41) is 2.05. The average Bonchev–Trinajstić information content (AvgIpc) is 2.59. The SMILES string of the molecule is CCOC(=O)C=C([Se]Cc1ccccc1)[Se]Cc1ccccc1. The zero-order valence-corrected chi connectivity index (χ0v) is 16.5. The van der Waals surface area contributed by atoms with Crippen LogP contribution in [0.1, 0.15) is 18.1 Å². The van der Waals surface area contributed by atoms with E-state index in [4.69, 9.17) is 4.74 Å². The van der Waals surface area contributed by atoms with Crippen molar-refractivity contribution >= 4 is 35.9 Å². The van der Waals surface area contributed by atoms with Crippen LogP contribution in [0.4, 0.5) is 0 Å². The zero-order valence-electron chi connectivity index (χ0n) is 13.1. The Kier molecular flexibility index (Phi) is 8.20. The fraction of sp³-hybridized carbons (Fsp3) is 0.211. The van der Waals surface area contributed by atoms with E-state index in [1.165, 1.54) is 14.5 Å². The van der Waals surface area contributed by atoms with Crippen LogP contribution >= 0.6 is 0 Å². The van der Waals surface area contributed by atoms with Gasteiger partial charge < -0.3 is 0 Å². The Labute approximate surface area is 150 Å². The molecule has 0 aromatic heterocycles. The second kappa shape index (κ2) is 10.5. The van der Waals surface area contributed by atoms with Crippen molar-refractivity contribution in [2.75, 3.05) is 6.61 Å². The second-order valence-electron chi connectivity index (χ2n) is 4.76. The van der Waals surface area contributed by atoms with Gasteiger partial charge in [-0.05, 0) is 0 Å². The van der Waals surface area contributed by atoms with Gasteiger partial charge in [0, 0.05) is 0 Å². The van der Waals surface area contributed by atoms with Crippen LogP contribution in [0, 0.1) is 0 Å². The number of benzene rings is 2. The van der Waals surface area contributed by atoms with E-state index >= 15 is 0 Å². The summed E-state index contributed by atoms with van der Waals surface area (Å²) in [6.07, 6.45) is 1.73. The zero-order chi connectivity index (χ0) is 16.3. The van der Waals surface area contributed by atoms with Crippen molar-refractivity contribution in [1.29, 1.82) is 0 Å². The molecule has 2 aromatic rings. The van der Waals surface area contributed by atoms with Gasteiger partial charge in [-0.1, -0.05) is 0 Å². The summed E-state index contributed by atoms with van der Waals surface area (Å²) in [5.41, 5.74) is 2.66. The van der Waals surface area contributed by atoms with Crippen LogP contribution in [-0.2, 0) is 20.2 Å². The summed E-state index contributed by atoms with van der Waals surface area (Å²) >= 11 is 0.589. The molecule has 0 aliphatic rings. The van der Waals surface area contributed by atoms with Crippen molar-refractivity contribution < 1.29 is 9.53 Å². The first-order chi connectivity index (χ1) is 11.3. The van der Waals surface area contributed by atoms with E-state index in [0.29, 0.717) is 36.5 Å². The van der Waals surface area contributed by atoms with Gasteiger partial charge >= 0.3 is 151 Å². The van der Waals surface area contributed by atoms with Gasteiger partial charge in [-0.25, -0.2) is 0 Å². The molecule has 0 unspecified atom stereocenters. The molecule has 4 heteroatoms. The summed E-state index contributed by atoms with van der Waals surface area (Å²) in [7, 11) is 0. The molecule has 0 saturated heterocycles. The molecule has 23 heavy (non-hydrogen) atoms. The van der Waals surface area contributed by atoms with Crippen molar-refractivity contribution in [2.45, 2.75) is 17.6 Å². The van der Waals surface area contributed by atoms with Gasteiger partial charge in [-0.2, -0.15) is 0 Å². The fourth-order valence-corrected chi connectivity index (χ4v) is 7.09. The van der Waals surface area contributed by atoms with Gasteiger partial charge in [0.05, 0.1) is 0 Å². The van der Waals surface area contributed by atoms with Crippen molar-refractivity contribution in [3.05, 3.63) is 81.2 Å². The Morgan fingerprint density at radius 3 is 1.83 bits per heavy atom. The molecule has 2 nitrogen and oxygen atoms in total. The third-order valence-electron chi connectivity index (χ3n) is 2.97. The van der Waals surface area contributed by atoms with Crippen LogP contribution < -0.4 is 0 Å². The predicted molar refractivity (Wildman–Crippen MR) is 96.5 cm³/mol. The van der Waals surface area contributed by atoms with Crippen LogP contribution in [0.3, 0.4) is 0 Å². The molecule has 0 amide bonds. The minimum absolute atomic E-state index is 0.202. The first-order valence-corrected chi connectivity index (χ1v) is 11.6. The summed E-state index contributed by atoms with van der Waals surface area (Å²) in [6.45, 7) is 2.27. The Bertz CT molecular complexity index is 579. The number of carbonyl (C=O) groups excluding carboxylic acids is 1. The van der Waals surface area contributed by atoms with Crippen molar-refractivity contribution in [2.24, 2.45) is 0 Å². The average molecular weight is 438 g/mol. The van der Waals surface area contributed by atoms with E-state index in [0.717, 1.165) is 10.6 Å². The molecule has 2 aromatic carbocycles. The number of hydrogen-bond donors (Lipinski definition) is 0. The molecule has 0 aliphatic heterocycles. The van der Waals surface area contributed by atoms with Crippen LogP contribution in [0.25, 0.3) is 0 Å². The molecule has 120 valence electrons. The van der Waals surface area contributed by atoms with Gasteiger partial charge in [-0.15, -0.1) is 0 Å². The normalized spacial score (nSPS) is 10.1. The van der Waals surface area contributed by atoms with Gasteiger partial charge in [0.2, 0.25) is 0 Å². The second-order valence-corrected chi connectivity index (χ2v) is 10.3. The molecule has 0 N–H and O–H groups in total. The van der Waals surface area contributed by atoms with E-state index in [-0.39, 0.29) is 5.97 Å². The first kappa shape index (κ1) is 18.0. The Morgan fingerprint density at radius 2 is 1.39 bits per heavy atom. The van der Waals surface area contributed by atoms with Crippen molar-refractivity contribution in [1.82, 2.24) is 0 Å². The minimum atomic E-state index is -0.202. The Balaban J connectivity index is 1.98. The summed E-state index contributed by atoms with van der Waals surface area (Å²) in [5.74, 6) is -0.202. The molecular weight excluding hydrogens is 418 g/mol. The number of esters is 1. The van der Waals surface area contributed by atoms with Gasteiger partial charge in [0.25, 0.3) is 0 Å². The number of ether oxygens (including phenoxy) is 1. The molecule has 0 heterocycles. The molecule has 0 radical (unpaired) electrons. The summed E-state index contributed by atoms with van der Waals surface area (Å²) < 4.78 is 6.36. The van der Waals surface area contributed by atoms with Crippen LogP contribution in [-0.4, -0.2) is 42.5 Å². The van der Waals surface area contributed by atoms with Gasteiger partial charge in [-0.3, -0.25) is 0 Å². The predicted octanol–water partition coefficient (Wildman–Crippen LogP) is 3.20. The topological polar surface area (TPSA) is 26.3 Å². The van der Waals surface area contributed by atoms with E-state index in [1.54, 1.807) is 6.08 Å². The van der Waals surface area contributed by atoms with Gasteiger partial charge in [0.15, 0.2) is 0 Å². The van der Waals surface area contributed by atoms with Crippen molar-refractivity contribution in [3.8, 4) is 0 Å². The number of rotatable bonds is 8. The van der Waals surface area contributed by atoms with E-state index in [2.05, 4.69) is 48.5 Å². The van der Waals surface area contributed by atoms with E-state index < -0.39 is 0 Å². The first-order valence-electron chi connectivity index (χ1n) is 7.50. The Morgan fingerprint density at radius 1 is 0.913 bits per heavy atom. The molecule has 2 rings (SSSR count). The van der Waals surface area contributed by atoms with Crippen molar-refractivity contribution in [3.63, 3.8) is 0 Å². The molecule has 0 spiro atoms. The van der Waals surface area contributed by atoms with E-state index in [1.807, 2.05) is 19.1 Å². The maximum absolute atomic E-state index is 11.8. The maximum atomic E-state index is 11.8. The van der Waals surface area contributed by atoms with Crippen LogP contribution in [0.15, 0.2) is 70.1 Å². The molecule has 0 atom stereocenters. The molecule has 0 bridgehead atoms. The van der Waals surface area contributed by atoms with Crippen LogP contribution in [0.2, 0.25) is 0 Å². The molecule has 0 fully saturated rings. The summed E-state index contributed by atoms with van der Waals surface area (Å²) in [6, 6.07) is 20.9. The third-order valence-corrected chi connectivity index (χ3v) is 9.23. The Hall–Kier alpha value is -1.31. The van der Waals surface area contributed by atoms with E-state index in [9.17, 15) is 4.79 Å². The van der Waals surface area contributed by atoms with Gasteiger partial charge in [0.1, 0.15) is 0 Å². The number of carbonyl (C=O) groups is 1. The number of hydrogen-bond acceptors (Lipinski definition) is 2. The standard InChI is InChI=1S/C19H20O2Se2/c1-2-21-18(20)13-19(22-14-16-9-5-3-6-10-16)23-15-17-11-7-4-8-12-17/h3-13H,2,14-15H2,1H3. The van der Waals surface area contributed by atoms with Crippen LogP contribution in [0.5, 0.6) is 0 Å². The summed E-state index contributed by atoms with van der Waals surface area (Å²) in [4.78, 5) is 11.8. The molecular formula is C19H20O2Se2. The molecule has 0 saturated carbocycles. The fourth-order valence-electron chi connectivity index (χ4n) is 1.86. The third kappa shape index (κ3) is 7.20.